The maximum Gasteiger partial charge on any atom is 0.334 e. The third kappa shape index (κ3) is 2.09. The van der Waals surface area contributed by atoms with Crippen molar-refractivity contribution in [3.63, 3.8) is 0 Å². The van der Waals surface area contributed by atoms with E-state index in [4.69, 9.17) is 5.11 Å². The van der Waals surface area contributed by atoms with Crippen LogP contribution in [0.3, 0.4) is 0 Å². The zero-order chi connectivity index (χ0) is 8.43. The molecule has 1 aliphatic heterocycles. The summed E-state index contributed by atoms with van der Waals surface area (Å²) in [5.41, 5.74) is -0.674. The highest BCUT2D eigenvalue weighted by atomic mass is 32.2. The number of hydrogen-bond acceptors (Lipinski definition) is 4. The van der Waals surface area contributed by atoms with Crippen LogP contribution in [-0.2, 0) is 4.79 Å². The largest absolute Gasteiger partial charge is 0.381 e. The van der Waals surface area contributed by atoms with Gasteiger partial charge in [0, 0.05) is 0 Å². The molecular weight excluding hydrogens is 168 g/mol. The van der Waals surface area contributed by atoms with Gasteiger partial charge in [0.1, 0.15) is 12.0 Å². The third-order valence-corrected chi connectivity index (χ3v) is 1.89. The Kier molecular flexibility index (Phi) is 2.35. The first-order valence-electron chi connectivity index (χ1n) is 3.06. The molecule has 0 bridgehead atoms. The monoisotopic (exact) mass is 176 g/mol. The Hall–Kier alpha value is -0.750. The Labute approximate surface area is 67.9 Å². The second kappa shape index (κ2) is 3.10. The second-order valence-corrected chi connectivity index (χ2v) is 3.43. The summed E-state index contributed by atoms with van der Waals surface area (Å²) in [6.07, 6.45) is 0. The van der Waals surface area contributed by atoms with Crippen molar-refractivity contribution in [2.75, 3.05) is 6.54 Å². The molecule has 11 heavy (non-hydrogen) atoms. The number of aliphatic hydroxyl groups excluding tert-OH is 1. The summed E-state index contributed by atoms with van der Waals surface area (Å²) in [6.45, 7) is 1.55. The van der Waals surface area contributed by atoms with Crippen LogP contribution in [0.1, 0.15) is 6.92 Å². The zero-order valence-corrected chi connectivity index (χ0v) is 6.72. The molecule has 1 aliphatic rings. The van der Waals surface area contributed by atoms with Crippen molar-refractivity contribution in [1.29, 1.82) is 0 Å². The topological polar surface area (TPSA) is 69.6 Å². The first-order valence-corrected chi connectivity index (χ1v) is 3.89. The minimum Gasteiger partial charge on any atom is -0.381 e. The van der Waals surface area contributed by atoms with Crippen LogP contribution in [-0.4, -0.2) is 33.3 Å². The van der Waals surface area contributed by atoms with Crippen LogP contribution in [0.2, 0.25) is 0 Å². The average Bonchev–Trinajstić information content (AvgIpc) is 2.09. The highest BCUT2D eigenvalue weighted by Crippen LogP contribution is 2.16. The molecule has 0 aromatic rings. The van der Waals surface area contributed by atoms with Gasteiger partial charge in [-0.05, 0) is 18.9 Å². The minimum absolute atomic E-state index is 0.0222. The lowest BCUT2D eigenvalue weighted by Gasteiger charge is -2.12. The normalized spacial score (nSPS) is 20.4. The maximum absolute atomic E-state index is 10.8. The summed E-state index contributed by atoms with van der Waals surface area (Å²) in [7, 11) is 0. The Bertz CT molecular complexity index is 194. The first-order chi connectivity index (χ1) is 5.09. The molecule has 1 saturated heterocycles. The molecule has 1 atom stereocenters. The fraction of sp³-hybridized carbons (Fsp3) is 0.600. The Morgan fingerprint density at radius 2 is 2.36 bits per heavy atom. The molecule has 0 radical (unpaired) electrons. The SMILES string of the molecule is CC(O)SN1CC(=O)NC1=O. The predicted molar refractivity (Wildman–Crippen MR) is 39.5 cm³/mol. The molecule has 0 spiro atoms. The van der Waals surface area contributed by atoms with Crippen LogP contribution < -0.4 is 5.32 Å². The lowest BCUT2D eigenvalue weighted by Crippen LogP contribution is -2.24. The first kappa shape index (κ1) is 8.35. The Balaban J connectivity index is 2.47. The highest BCUT2D eigenvalue weighted by molar-refractivity contribution is 7.97. The van der Waals surface area contributed by atoms with Crippen molar-refractivity contribution in [3.05, 3.63) is 0 Å². The van der Waals surface area contributed by atoms with Crippen LogP contribution in [0.5, 0.6) is 0 Å². The van der Waals surface area contributed by atoms with Gasteiger partial charge < -0.3 is 5.11 Å². The number of amides is 3. The van der Waals surface area contributed by atoms with Crippen LogP contribution in [0.15, 0.2) is 0 Å². The summed E-state index contributed by atoms with van der Waals surface area (Å²) >= 11 is 0.930. The van der Waals surface area contributed by atoms with Crippen molar-refractivity contribution in [3.8, 4) is 0 Å². The number of nitrogens with one attached hydrogen (secondary N) is 1. The van der Waals surface area contributed by atoms with E-state index >= 15 is 0 Å². The second-order valence-electron chi connectivity index (χ2n) is 2.09. The van der Waals surface area contributed by atoms with E-state index in [-0.39, 0.29) is 12.5 Å². The van der Waals surface area contributed by atoms with Gasteiger partial charge in [-0.2, -0.15) is 0 Å². The summed E-state index contributed by atoms with van der Waals surface area (Å²) in [5.74, 6) is -0.330. The maximum atomic E-state index is 10.8. The molecule has 62 valence electrons. The molecule has 2 N–H and O–H groups in total. The lowest BCUT2D eigenvalue weighted by atomic mass is 10.7. The van der Waals surface area contributed by atoms with Gasteiger partial charge in [-0.1, -0.05) is 0 Å². The van der Waals surface area contributed by atoms with E-state index in [0.717, 1.165) is 11.9 Å². The van der Waals surface area contributed by atoms with Crippen molar-refractivity contribution >= 4 is 23.9 Å². The molecule has 1 heterocycles. The van der Waals surface area contributed by atoms with Gasteiger partial charge >= 0.3 is 6.03 Å². The van der Waals surface area contributed by atoms with Crippen molar-refractivity contribution < 1.29 is 14.7 Å². The number of urea groups is 1. The van der Waals surface area contributed by atoms with Gasteiger partial charge in [0.15, 0.2) is 0 Å². The molecule has 0 aliphatic carbocycles. The van der Waals surface area contributed by atoms with Crippen molar-refractivity contribution in [2.24, 2.45) is 0 Å². The number of hydrogen-bond donors (Lipinski definition) is 2. The molecular formula is C5H8N2O3S. The molecule has 5 nitrogen and oxygen atoms in total. The van der Waals surface area contributed by atoms with Crippen LogP contribution in [0.25, 0.3) is 0 Å². The van der Waals surface area contributed by atoms with E-state index in [1.807, 2.05) is 0 Å². The molecule has 0 aromatic heterocycles. The van der Waals surface area contributed by atoms with Crippen LogP contribution in [0.4, 0.5) is 4.79 Å². The van der Waals surface area contributed by atoms with E-state index in [0.29, 0.717) is 0 Å². The van der Waals surface area contributed by atoms with E-state index in [9.17, 15) is 9.59 Å². The summed E-state index contributed by atoms with van der Waals surface area (Å²) < 4.78 is 1.19. The molecule has 1 unspecified atom stereocenters. The summed E-state index contributed by atoms with van der Waals surface area (Å²) in [4.78, 5) is 21.4. The van der Waals surface area contributed by atoms with Gasteiger partial charge in [-0.25, -0.2) is 4.79 Å². The van der Waals surface area contributed by atoms with Gasteiger partial charge in [-0.3, -0.25) is 14.4 Å². The molecule has 0 aromatic carbocycles. The van der Waals surface area contributed by atoms with Gasteiger partial charge in [-0.15, -0.1) is 0 Å². The summed E-state index contributed by atoms with van der Waals surface area (Å²) in [6, 6.07) is -0.457. The zero-order valence-electron chi connectivity index (χ0n) is 5.90. The Morgan fingerprint density at radius 3 is 2.73 bits per heavy atom. The number of carbonyl (C=O) groups is 2. The molecule has 3 amide bonds. The van der Waals surface area contributed by atoms with Gasteiger partial charge in [0.05, 0.1) is 0 Å². The Morgan fingerprint density at radius 1 is 1.73 bits per heavy atom. The van der Waals surface area contributed by atoms with E-state index in [2.05, 4.69) is 5.32 Å². The number of aliphatic hydroxyl groups is 1. The molecule has 6 heteroatoms. The van der Waals surface area contributed by atoms with E-state index in [1.165, 1.54) is 11.2 Å². The molecule has 1 fully saturated rings. The van der Waals surface area contributed by atoms with Crippen molar-refractivity contribution in [1.82, 2.24) is 9.62 Å². The number of rotatable bonds is 2. The average molecular weight is 176 g/mol. The quantitative estimate of drug-likeness (QED) is 0.339. The molecule has 0 saturated carbocycles. The fourth-order valence-corrected chi connectivity index (χ4v) is 1.39. The summed E-state index contributed by atoms with van der Waals surface area (Å²) in [5, 5.41) is 10.9. The van der Waals surface area contributed by atoms with Gasteiger partial charge in [0.2, 0.25) is 5.91 Å². The number of carbonyl (C=O) groups excluding carboxylic acids is 2. The standard InChI is InChI=1S/C5H8N2O3S/c1-3(8)11-7-2-4(9)6-5(7)10/h3,8H,2H2,1H3,(H,6,9,10). The van der Waals surface area contributed by atoms with Crippen LogP contribution in [0, 0.1) is 0 Å². The fourth-order valence-electron chi connectivity index (χ4n) is 0.693. The lowest BCUT2D eigenvalue weighted by molar-refractivity contribution is -0.118. The highest BCUT2D eigenvalue weighted by Gasteiger charge is 2.28. The van der Waals surface area contributed by atoms with Crippen LogP contribution >= 0.6 is 11.9 Å². The van der Waals surface area contributed by atoms with Gasteiger partial charge in [0.25, 0.3) is 0 Å². The number of imide groups is 1. The van der Waals surface area contributed by atoms with Crippen molar-refractivity contribution in [2.45, 2.75) is 12.4 Å². The number of nitrogens with zero attached hydrogens (tertiary/aromatic N) is 1. The van der Waals surface area contributed by atoms with E-state index in [1.54, 1.807) is 0 Å². The third-order valence-electron chi connectivity index (χ3n) is 1.04. The van der Waals surface area contributed by atoms with E-state index < -0.39 is 11.5 Å². The molecule has 1 rings (SSSR count). The minimum atomic E-state index is -0.674. The smallest absolute Gasteiger partial charge is 0.334 e. The predicted octanol–water partition coefficient (Wildman–Crippen LogP) is -0.475.